The minimum Gasteiger partial charge on any atom is -0.372 e. The van der Waals surface area contributed by atoms with Crippen LogP contribution in [-0.2, 0) is 4.74 Å². The Kier molecular flexibility index (Phi) is 3.94. The molecular weight excluding hydrogens is 285 g/mol. The Morgan fingerprint density at radius 1 is 1.23 bits per heavy atom. The number of hydrogen-bond acceptors (Lipinski definition) is 3. The number of hydrogen-bond donors (Lipinski definition) is 0. The van der Waals surface area contributed by atoms with E-state index in [9.17, 15) is 9.18 Å². The van der Waals surface area contributed by atoms with Gasteiger partial charge in [0.15, 0.2) is 0 Å². The highest BCUT2D eigenvalue weighted by molar-refractivity contribution is 5.92. The van der Waals surface area contributed by atoms with Crippen LogP contribution in [-0.4, -0.2) is 45.7 Å². The van der Waals surface area contributed by atoms with Gasteiger partial charge in [0.1, 0.15) is 17.8 Å². The summed E-state index contributed by atoms with van der Waals surface area (Å²) in [5.74, 6) is -0.403. The number of benzene rings is 1. The SMILES string of the molecule is C[C@H]1CN(C(=O)c2cn(-c3ccc(F)cc3)cn2)C[C@H](C)O1. The summed E-state index contributed by atoms with van der Waals surface area (Å²) < 4.78 is 20.3. The second-order valence-electron chi connectivity index (χ2n) is 5.61. The molecule has 6 heteroatoms. The van der Waals surface area contributed by atoms with Crippen molar-refractivity contribution >= 4 is 5.91 Å². The van der Waals surface area contributed by atoms with E-state index in [-0.39, 0.29) is 23.9 Å². The van der Waals surface area contributed by atoms with E-state index in [0.717, 1.165) is 5.69 Å². The third-order valence-corrected chi connectivity index (χ3v) is 3.63. The summed E-state index contributed by atoms with van der Waals surface area (Å²) in [6, 6.07) is 6.04. The van der Waals surface area contributed by atoms with Crippen LogP contribution in [0.5, 0.6) is 0 Å². The standard InChI is InChI=1S/C16H18FN3O2/c1-11-7-19(8-12(2)22-11)16(21)15-9-20(10-18-15)14-5-3-13(17)4-6-14/h3-6,9-12H,7-8H2,1-2H3/t11-,12-/m0/s1. The fraction of sp³-hybridized carbons (Fsp3) is 0.375. The largest absolute Gasteiger partial charge is 0.372 e. The number of rotatable bonds is 2. The molecule has 116 valence electrons. The van der Waals surface area contributed by atoms with E-state index in [0.29, 0.717) is 18.8 Å². The molecule has 0 aliphatic carbocycles. The lowest BCUT2D eigenvalue weighted by Gasteiger charge is -2.34. The number of ether oxygens (including phenoxy) is 1. The zero-order valence-corrected chi connectivity index (χ0v) is 12.6. The number of imidazole rings is 1. The minimum absolute atomic E-state index is 0.0203. The van der Waals surface area contributed by atoms with E-state index >= 15 is 0 Å². The first-order chi connectivity index (χ1) is 10.5. The van der Waals surface area contributed by atoms with Crippen molar-refractivity contribution in [2.45, 2.75) is 26.1 Å². The van der Waals surface area contributed by atoms with E-state index in [2.05, 4.69) is 4.98 Å². The molecule has 0 bridgehead atoms. The van der Waals surface area contributed by atoms with E-state index in [4.69, 9.17) is 4.74 Å². The topological polar surface area (TPSA) is 47.4 Å². The third-order valence-electron chi connectivity index (χ3n) is 3.63. The van der Waals surface area contributed by atoms with Crippen molar-refractivity contribution in [2.75, 3.05) is 13.1 Å². The number of nitrogens with zero attached hydrogens (tertiary/aromatic N) is 3. The smallest absolute Gasteiger partial charge is 0.274 e. The van der Waals surface area contributed by atoms with Gasteiger partial charge in [-0.25, -0.2) is 9.37 Å². The van der Waals surface area contributed by atoms with Gasteiger partial charge in [-0.2, -0.15) is 0 Å². The Balaban J connectivity index is 1.78. The van der Waals surface area contributed by atoms with Gasteiger partial charge in [0.05, 0.1) is 12.2 Å². The van der Waals surface area contributed by atoms with E-state index in [1.165, 1.54) is 12.1 Å². The molecule has 5 nitrogen and oxygen atoms in total. The molecule has 0 unspecified atom stereocenters. The van der Waals surface area contributed by atoms with Gasteiger partial charge in [0.2, 0.25) is 0 Å². The van der Waals surface area contributed by atoms with Gasteiger partial charge >= 0.3 is 0 Å². The van der Waals surface area contributed by atoms with Crippen molar-refractivity contribution in [3.8, 4) is 5.69 Å². The van der Waals surface area contributed by atoms with Crippen LogP contribution in [0.25, 0.3) is 5.69 Å². The summed E-state index contributed by atoms with van der Waals surface area (Å²) in [7, 11) is 0. The maximum atomic E-state index is 13.0. The third kappa shape index (κ3) is 3.01. The molecule has 0 saturated carbocycles. The lowest BCUT2D eigenvalue weighted by molar-refractivity contribution is -0.0587. The minimum atomic E-state index is -0.295. The van der Waals surface area contributed by atoms with Gasteiger partial charge < -0.3 is 14.2 Å². The van der Waals surface area contributed by atoms with Gasteiger partial charge in [-0.15, -0.1) is 0 Å². The summed E-state index contributed by atoms with van der Waals surface area (Å²) in [5, 5.41) is 0. The van der Waals surface area contributed by atoms with Crippen molar-refractivity contribution < 1.29 is 13.9 Å². The maximum Gasteiger partial charge on any atom is 0.274 e. The number of carbonyl (C=O) groups is 1. The molecule has 2 heterocycles. The molecule has 0 spiro atoms. The number of aromatic nitrogens is 2. The van der Waals surface area contributed by atoms with Gasteiger partial charge in [0, 0.05) is 25.0 Å². The highest BCUT2D eigenvalue weighted by atomic mass is 19.1. The molecule has 0 radical (unpaired) electrons. The number of halogens is 1. The summed E-state index contributed by atoms with van der Waals surface area (Å²) in [6.07, 6.45) is 3.27. The number of amides is 1. The first-order valence-corrected chi connectivity index (χ1v) is 7.27. The van der Waals surface area contributed by atoms with Crippen LogP contribution in [0, 0.1) is 5.82 Å². The Morgan fingerprint density at radius 2 is 1.86 bits per heavy atom. The van der Waals surface area contributed by atoms with Crippen LogP contribution in [0.1, 0.15) is 24.3 Å². The Bertz CT molecular complexity index is 658. The molecule has 2 aromatic rings. The highest BCUT2D eigenvalue weighted by Gasteiger charge is 2.27. The van der Waals surface area contributed by atoms with Gasteiger partial charge in [0.25, 0.3) is 5.91 Å². The molecule has 3 rings (SSSR count). The van der Waals surface area contributed by atoms with Crippen molar-refractivity contribution in [1.82, 2.24) is 14.5 Å². The van der Waals surface area contributed by atoms with Crippen LogP contribution in [0.15, 0.2) is 36.8 Å². The van der Waals surface area contributed by atoms with Crippen molar-refractivity contribution in [3.63, 3.8) is 0 Å². The van der Waals surface area contributed by atoms with Crippen LogP contribution in [0.3, 0.4) is 0 Å². The average molecular weight is 303 g/mol. The lowest BCUT2D eigenvalue weighted by Crippen LogP contribution is -2.48. The molecule has 1 aliphatic rings. The zero-order chi connectivity index (χ0) is 15.7. The summed E-state index contributed by atoms with van der Waals surface area (Å²) in [5.41, 5.74) is 1.14. The predicted octanol–water partition coefficient (Wildman–Crippen LogP) is 2.26. The predicted molar refractivity (Wildman–Crippen MR) is 79.4 cm³/mol. The van der Waals surface area contributed by atoms with Crippen molar-refractivity contribution in [3.05, 3.63) is 48.3 Å². The second-order valence-corrected chi connectivity index (χ2v) is 5.61. The molecule has 1 aromatic heterocycles. The molecule has 1 aromatic carbocycles. The van der Waals surface area contributed by atoms with Crippen LogP contribution in [0.4, 0.5) is 4.39 Å². The van der Waals surface area contributed by atoms with Crippen LogP contribution in [0.2, 0.25) is 0 Å². The van der Waals surface area contributed by atoms with Gasteiger partial charge in [-0.05, 0) is 38.1 Å². The fourth-order valence-electron chi connectivity index (χ4n) is 2.69. The zero-order valence-electron chi connectivity index (χ0n) is 12.6. The van der Waals surface area contributed by atoms with Gasteiger partial charge in [-0.1, -0.05) is 0 Å². The first kappa shape index (κ1) is 14.7. The molecule has 22 heavy (non-hydrogen) atoms. The molecule has 1 aliphatic heterocycles. The number of carbonyl (C=O) groups excluding carboxylic acids is 1. The van der Waals surface area contributed by atoms with Crippen molar-refractivity contribution in [2.24, 2.45) is 0 Å². The second kappa shape index (κ2) is 5.88. The van der Waals surface area contributed by atoms with Crippen molar-refractivity contribution in [1.29, 1.82) is 0 Å². The monoisotopic (exact) mass is 303 g/mol. The average Bonchev–Trinajstić information content (AvgIpc) is 2.96. The Morgan fingerprint density at radius 3 is 2.50 bits per heavy atom. The lowest BCUT2D eigenvalue weighted by atomic mass is 10.2. The highest BCUT2D eigenvalue weighted by Crippen LogP contribution is 2.15. The quantitative estimate of drug-likeness (QED) is 0.855. The summed E-state index contributed by atoms with van der Waals surface area (Å²) in [6.45, 7) is 5.03. The van der Waals surface area contributed by atoms with E-state index < -0.39 is 0 Å². The normalized spacial score (nSPS) is 21.9. The Labute approximate surface area is 128 Å². The molecule has 1 amide bonds. The molecule has 1 saturated heterocycles. The Hall–Kier alpha value is -2.21. The number of morpholine rings is 1. The molecule has 0 N–H and O–H groups in total. The fourth-order valence-corrected chi connectivity index (χ4v) is 2.69. The maximum absolute atomic E-state index is 13.0. The van der Waals surface area contributed by atoms with E-state index in [1.807, 2.05) is 13.8 Å². The molecular formula is C16H18FN3O2. The molecule has 2 atom stereocenters. The summed E-state index contributed by atoms with van der Waals surface area (Å²) in [4.78, 5) is 18.5. The molecule has 1 fully saturated rings. The van der Waals surface area contributed by atoms with Crippen LogP contribution >= 0.6 is 0 Å². The van der Waals surface area contributed by atoms with Crippen LogP contribution < -0.4 is 0 Å². The van der Waals surface area contributed by atoms with Gasteiger partial charge in [-0.3, -0.25) is 4.79 Å². The van der Waals surface area contributed by atoms with E-state index in [1.54, 1.807) is 34.1 Å². The summed E-state index contributed by atoms with van der Waals surface area (Å²) >= 11 is 0. The first-order valence-electron chi connectivity index (χ1n) is 7.27.